The molecule has 0 heterocycles. The number of hydrogen-bond donors (Lipinski definition) is 1. The van der Waals surface area contributed by atoms with Crippen LogP contribution in [0.15, 0.2) is 0 Å². The van der Waals surface area contributed by atoms with Crippen LogP contribution in [-0.2, 0) is 4.79 Å². The van der Waals surface area contributed by atoms with Gasteiger partial charge in [0, 0.05) is 6.42 Å². The molecule has 0 bridgehead atoms. The quantitative estimate of drug-likeness (QED) is 0.285. The van der Waals surface area contributed by atoms with Crippen LogP contribution in [0.2, 0.25) is 0 Å². The molecule has 0 aliphatic heterocycles. The molecule has 0 fully saturated rings. The van der Waals surface area contributed by atoms with Crippen molar-refractivity contribution in [3.8, 4) is 0 Å². The zero-order chi connectivity index (χ0) is 11.9. The average Bonchev–Trinajstić information content (AvgIpc) is 2.17. The minimum atomic E-state index is -0.663. The van der Waals surface area contributed by atoms with Gasteiger partial charge in [0.15, 0.2) is 0 Å². The second-order valence-corrected chi connectivity index (χ2v) is 3.35. The van der Waals surface area contributed by atoms with Crippen LogP contribution in [0.5, 0.6) is 0 Å². The fraction of sp³-hybridized carbons (Fsp3) is 0.900. The minimum Gasteiger partial charge on any atom is -0.481 e. The average molecular weight is 214 g/mol. The highest BCUT2D eigenvalue weighted by Crippen LogP contribution is 2.07. The van der Waals surface area contributed by atoms with E-state index in [0.29, 0.717) is 6.42 Å². The molecule has 0 aromatic carbocycles. The van der Waals surface area contributed by atoms with Crippen molar-refractivity contribution in [2.24, 2.45) is 0 Å². The van der Waals surface area contributed by atoms with Crippen molar-refractivity contribution < 1.29 is 9.90 Å². The van der Waals surface area contributed by atoms with E-state index in [-0.39, 0.29) is 0 Å². The summed E-state index contributed by atoms with van der Waals surface area (Å²) in [4.78, 5) is 11.6. The van der Waals surface area contributed by atoms with E-state index in [2.05, 4.69) is 6.92 Å². The molecule has 0 unspecified atom stereocenters. The van der Waals surface area contributed by atoms with Gasteiger partial charge in [-0.3, -0.25) is 9.71 Å². The van der Waals surface area contributed by atoms with Gasteiger partial charge in [0.25, 0.3) is 0 Å². The molecule has 0 atom stereocenters. The van der Waals surface area contributed by atoms with E-state index in [0.717, 1.165) is 12.8 Å². The predicted molar refractivity (Wildman–Crippen MR) is 60.3 cm³/mol. The molecule has 1 N–H and O–H groups in total. The first-order valence-corrected chi connectivity index (χ1v) is 5.39. The lowest BCUT2D eigenvalue weighted by Crippen LogP contribution is -1.93. The number of carboxylic acids is 1. The van der Waals surface area contributed by atoms with Crippen LogP contribution in [0, 0.1) is 0 Å². The lowest BCUT2D eigenvalue weighted by Gasteiger charge is -1.98. The molecule has 0 radical (unpaired) electrons. The molecule has 0 aromatic rings. The maximum Gasteiger partial charge on any atom is 0.303 e. The predicted octanol–water partition coefficient (Wildman–Crippen LogP) is 4.08. The first-order valence-electron chi connectivity index (χ1n) is 5.39. The number of hydrogen-bond acceptors (Lipinski definition) is 1. The second kappa shape index (κ2) is 15.3. The normalized spacial score (nSPS) is 8.60. The number of aliphatic carboxylic acids is 1. The van der Waals surface area contributed by atoms with Crippen molar-refractivity contribution in [2.75, 3.05) is 0 Å². The molecular formula is C10H20N3O2-. The van der Waals surface area contributed by atoms with Crippen LogP contribution < -0.4 is 0 Å². The Balaban J connectivity index is 0. The fourth-order valence-corrected chi connectivity index (χ4v) is 1.23. The zero-order valence-electron chi connectivity index (χ0n) is 9.35. The lowest BCUT2D eigenvalue weighted by atomic mass is 10.1. The van der Waals surface area contributed by atoms with Gasteiger partial charge in [0.2, 0.25) is 0 Å². The zero-order valence-corrected chi connectivity index (χ0v) is 9.35. The van der Waals surface area contributed by atoms with E-state index in [1.165, 1.54) is 37.0 Å². The number of carbonyl (C=O) groups is 1. The molecule has 0 aliphatic rings. The van der Waals surface area contributed by atoms with Crippen LogP contribution in [0.3, 0.4) is 0 Å². The van der Waals surface area contributed by atoms with Crippen LogP contribution in [0.1, 0.15) is 58.3 Å². The summed E-state index contributed by atoms with van der Waals surface area (Å²) in [6.07, 6.45) is 8.64. The summed E-state index contributed by atoms with van der Waals surface area (Å²) in [7, 11) is 0. The van der Waals surface area contributed by atoms with E-state index in [4.69, 9.17) is 16.2 Å². The van der Waals surface area contributed by atoms with Crippen molar-refractivity contribution in [1.29, 1.82) is 0 Å². The van der Waals surface area contributed by atoms with E-state index < -0.39 is 5.97 Å². The van der Waals surface area contributed by atoms with Crippen molar-refractivity contribution in [3.05, 3.63) is 16.0 Å². The van der Waals surface area contributed by atoms with Gasteiger partial charge in [0.05, 0.1) is 0 Å². The third-order valence-corrected chi connectivity index (χ3v) is 1.99. The smallest absolute Gasteiger partial charge is 0.303 e. The number of nitrogens with zero attached hydrogens (tertiary/aromatic N) is 3. The summed E-state index contributed by atoms with van der Waals surface area (Å²) >= 11 is 0. The maximum absolute atomic E-state index is 10.1. The van der Waals surface area contributed by atoms with Crippen LogP contribution in [0.4, 0.5) is 0 Å². The monoisotopic (exact) mass is 214 g/mol. The molecule has 0 saturated carbocycles. The Bertz CT molecular complexity index is 178. The summed E-state index contributed by atoms with van der Waals surface area (Å²) in [5.41, 5.74) is 13.5. The van der Waals surface area contributed by atoms with Crippen LogP contribution >= 0.6 is 0 Å². The highest BCUT2D eigenvalue weighted by atomic mass is 16.4. The standard InChI is InChI=1S/C10H20O2.N3/c1-2-3-4-5-6-7-8-9-10(11)12;1-3-2/h2-9H2,1H3,(H,11,12);/q;-1. The Morgan fingerprint density at radius 2 is 1.47 bits per heavy atom. The Morgan fingerprint density at radius 1 is 1.07 bits per heavy atom. The van der Waals surface area contributed by atoms with Gasteiger partial charge in [-0.2, -0.15) is 0 Å². The molecule has 0 amide bonds. The molecule has 88 valence electrons. The van der Waals surface area contributed by atoms with Gasteiger partial charge in [-0.1, -0.05) is 45.4 Å². The van der Waals surface area contributed by atoms with Crippen molar-refractivity contribution in [2.45, 2.75) is 58.3 Å². The van der Waals surface area contributed by atoms with Crippen molar-refractivity contribution >= 4 is 5.97 Å². The molecular weight excluding hydrogens is 194 g/mol. The second-order valence-electron chi connectivity index (χ2n) is 3.35. The third-order valence-electron chi connectivity index (χ3n) is 1.99. The molecule has 0 aliphatic carbocycles. The lowest BCUT2D eigenvalue weighted by molar-refractivity contribution is -0.137. The molecule has 5 nitrogen and oxygen atoms in total. The molecule has 5 heteroatoms. The van der Waals surface area contributed by atoms with Crippen LogP contribution in [0.25, 0.3) is 16.0 Å². The van der Waals surface area contributed by atoms with E-state index in [1.54, 1.807) is 0 Å². The SMILES string of the molecule is CCCCCCCCCC(=O)O.[N-]=[N+]=[N-]. The van der Waals surface area contributed by atoms with Gasteiger partial charge in [-0.05, 0) is 6.42 Å². The largest absolute Gasteiger partial charge is 0.481 e. The van der Waals surface area contributed by atoms with Crippen molar-refractivity contribution in [3.63, 3.8) is 0 Å². The highest BCUT2D eigenvalue weighted by molar-refractivity contribution is 5.66. The molecule has 0 saturated heterocycles. The Labute approximate surface area is 90.9 Å². The molecule has 0 rings (SSSR count). The van der Waals surface area contributed by atoms with Gasteiger partial charge in [-0.15, -0.1) is 0 Å². The Morgan fingerprint density at radius 3 is 1.87 bits per heavy atom. The number of unbranched alkanes of at least 4 members (excludes halogenated alkanes) is 6. The third kappa shape index (κ3) is 24.5. The van der Waals surface area contributed by atoms with Gasteiger partial charge >= 0.3 is 5.97 Å². The number of rotatable bonds is 8. The van der Waals surface area contributed by atoms with Gasteiger partial charge in [0.1, 0.15) is 0 Å². The minimum absolute atomic E-state index is 0.341. The first-order chi connectivity index (χ1) is 7.18. The van der Waals surface area contributed by atoms with Crippen molar-refractivity contribution in [1.82, 2.24) is 0 Å². The summed E-state index contributed by atoms with van der Waals surface area (Å²) in [5, 5.41) is 8.35. The molecule has 15 heavy (non-hydrogen) atoms. The van der Waals surface area contributed by atoms with Gasteiger partial charge in [-0.25, -0.2) is 0 Å². The molecule has 0 spiro atoms. The first kappa shape index (κ1) is 16.2. The van der Waals surface area contributed by atoms with E-state index >= 15 is 0 Å². The Hall–Kier alpha value is -1.22. The fourth-order valence-electron chi connectivity index (χ4n) is 1.23. The van der Waals surface area contributed by atoms with E-state index in [1.807, 2.05) is 0 Å². The molecule has 0 aromatic heterocycles. The van der Waals surface area contributed by atoms with E-state index in [9.17, 15) is 4.79 Å². The summed E-state index contributed by atoms with van der Waals surface area (Å²) in [5.74, 6) is -0.663. The summed E-state index contributed by atoms with van der Waals surface area (Å²) < 4.78 is 0. The van der Waals surface area contributed by atoms with Crippen LogP contribution in [-0.4, -0.2) is 11.1 Å². The Kier molecular flexibility index (Phi) is 16.5. The topological polar surface area (TPSA) is 96.0 Å². The maximum atomic E-state index is 10.1. The van der Waals surface area contributed by atoms with Gasteiger partial charge < -0.3 is 16.2 Å². The number of carboxylic acid groups (broad SMARTS) is 1. The highest BCUT2D eigenvalue weighted by Gasteiger charge is 1.95. The summed E-state index contributed by atoms with van der Waals surface area (Å²) in [6.45, 7) is 2.20. The summed E-state index contributed by atoms with van der Waals surface area (Å²) in [6, 6.07) is 0.